The Hall–Kier alpha value is 3.02. The Morgan fingerprint density at radius 2 is 1.41 bits per heavy atom. The van der Waals surface area contributed by atoms with Crippen LogP contribution in [-0.4, -0.2) is 138 Å². The Kier molecular flexibility index (Phi) is 31.6. The van der Waals surface area contributed by atoms with Gasteiger partial charge >= 0.3 is 97.5 Å². The zero-order valence-corrected chi connectivity index (χ0v) is 10.3. The summed E-state index contributed by atoms with van der Waals surface area (Å²) in [6.07, 6.45) is 0.974. The Morgan fingerprint density at radius 1 is 0.941 bits per heavy atom. The fourth-order valence-corrected chi connectivity index (χ4v) is 2.94. The van der Waals surface area contributed by atoms with Crippen molar-refractivity contribution in [1.82, 2.24) is 5.32 Å². The molecule has 0 aliphatic rings. The SMILES string of the molecule is CO[Si](CCCNCCN)(OC)OC.[NaH].[NaH].[NaH]. The van der Waals surface area contributed by atoms with E-state index in [1.165, 1.54) is 0 Å². The van der Waals surface area contributed by atoms with Crippen LogP contribution in [0.2, 0.25) is 6.04 Å². The molecule has 5 nitrogen and oxygen atoms in total. The van der Waals surface area contributed by atoms with Crippen molar-refractivity contribution in [2.75, 3.05) is 41.0 Å². The van der Waals surface area contributed by atoms with Crippen molar-refractivity contribution < 1.29 is 13.3 Å². The van der Waals surface area contributed by atoms with E-state index in [9.17, 15) is 0 Å². The molecule has 0 atom stereocenters. The Morgan fingerprint density at radius 3 is 1.76 bits per heavy atom. The summed E-state index contributed by atoms with van der Waals surface area (Å²) in [7, 11) is 2.55. The first-order valence-corrected chi connectivity index (χ1v) is 6.74. The van der Waals surface area contributed by atoms with E-state index in [0.29, 0.717) is 6.54 Å². The van der Waals surface area contributed by atoms with Gasteiger partial charge in [-0.05, 0) is 13.0 Å². The third-order valence-corrected chi connectivity index (χ3v) is 4.92. The van der Waals surface area contributed by atoms with Crippen molar-refractivity contribution in [1.29, 1.82) is 0 Å². The molecule has 0 aliphatic carbocycles. The zero-order chi connectivity index (χ0) is 10.9. The first-order chi connectivity index (χ1) is 6.74. The summed E-state index contributed by atoms with van der Waals surface area (Å²) in [5, 5.41) is 3.21. The van der Waals surface area contributed by atoms with Gasteiger partial charge in [0.1, 0.15) is 0 Å². The second-order valence-corrected chi connectivity index (χ2v) is 6.03. The van der Waals surface area contributed by atoms with Gasteiger partial charge in [-0.3, -0.25) is 0 Å². The monoisotopic (exact) mass is 294 g/mol. The molecule has 0 aliphatic heterocycles. The maximum absolute atomic E-state index is 5.35. The van der Waals surface area contributed by atoms with Gasteiger partial charge < -0.3 is 24.3 Å². The van der Waals surface area contributed by atoms with Crippen LogP contribution in [0.15, 0.2) is 0 Å². The normalized spacial score (nSPS) is 9.88. The van der Waals surface area contributed by atoms with Crippen LogP contribution >= 0.6 is 0 Å². The van der Waals surface area contributed by atoms with Gasteiger partial charge in [0.15, 0.2) is 0 Å². The molecule has 0 aromatic heterocycles. The molecule has 3 N–H and O–H groups in total. The molecule has 0 saturated carbocycles. The minimum absolute atomic E-state index is 0. The van der Waals surface area contributed by atoms with Gasteiger partial charge in [0.25, 0.3) is 0 Å². The maximum atomic E-state index is 5.35. The van der Waals surface area contributed by atoms with Crippen molar-refractivity contribution in [3.8, 4) is 0 Å². The van der Waals surface area contributed by atoms with E-state index in [1.54, 1.807) is 21.3 Å². The number of nitrogens with two attached hydrogens (primary N) is 1. The summed E-state index contributed by atoms with van der Waals surface area (Å²) in [6.45, 7) is 2.44. The van der Waals surface area contributed by atoms with E-state index < -0.39 is 8.80 Å². The molecule has 9 heteroatoms. The number of rotatable bonds is 9. The van der Waals surface area contributed by atoms with Crippen molar-refractivity contribution >= 4 is 97.5 Å². The van der Waals surface area contributed by atoms with Crippen molar-refractivity contribution in [3.63, 3.8) is 0 Å². The quantitative estimate of drug-likeness (QED) is 0.375. The molecule has 92 valence electrons. The minimum atomic E-state index is -2.35. The molecular weight excluding hydrogens is 269 g/mol. The molecule has 0 amide bonds. The zero-order valence-electron chi connectivity index (χ0n) is 9.34. The fraction of sp³-hybridized carbons (Fsp3) is 1.00. The van der Waals surface area contributed by atoms with Crippen LogP contribution in [0.4, 0.5) is 0 Å². The van der Waals surface area contributed by atoms with Gasteiger partial charge in [0.05, 0.1) is 0 Å². The van der Waals surface area contributed by atoms with Gasteiger partial charge in [0, 0.05) is 40.5 Å². The summed E-state index contributed by atoms with van der Waals surface area (Å²) in [6, 6.07) is 0.827. The molecule has 0 fully saturated rings. The number of nitrogens with one attached hydrogen (secondary N) is 1. The fourth-order valence-electron chi connectivity index (χ4n) is 1.21. The Bertz CT molecular complexity index is 137. The second-order valence-electron chi connectivity index (χ2n) is 2.94. The van der Waals surface area contributed by atoms with E-state index in [2.05, 4.69) is 5.32 Å². The van der Waals surface area contributed by atoms with E-state index >= 15 is 0 Å². The number of hydrogen-bond donors (Lipinski definition) is 2. The molecule has 0 spiro atoms. The molecule has 0 radical (unpaired) electrons. The van der Waals surface area contributed by atoms with Crippen LogP contribution in [0.3, 0.4) is 0 Å². The number of hydrogen-bond acceptors (Lipinski definition) is 5. The predicted molar refractivity (Wildman–Crippen MR) is 79.6 cm³/mol. The van der Waals surface area contributed by atoms with Crippen LogP contribution in [0, 0.1) is 0 Å². The molecule has 0 aromatic rings. The van der Waals surface area contributed by atoms with Crippen LogP contribution in [0.1, 0.15) is 6.42 Å². The average Bonchev–Trinajstić information content (AvgIpc) is 2.24. The summed E-state index contributed by atoms with van der Waals surface area (Å²) >= 11 is 0. The Labute approximate surface area is 173 Å². The van der Waals surface area contributed by atoms with Gasteiger partial charge in [-0.2, -0.15) is 0 Å². The molecule has 0 aromatic carbocycles. The topological polar surface area (TPSA) is 65.7 Å². The first-order valence-electron chi connectivity index (χ1n) is 4.81. The molecule has 0 saturated heterocycles. The van der Waals surface area contributed by atoms with Crippen LogP contribution in [0.25, 0.3) is 0 Å². The summed E-state index contributed by atoms with van der Waals surface area (Å²) in [5.41, 5.74) is 5.35. The van der Waals surface area contributed by atoms with Gasteiger partial charge in [-0.1, -0.05) is 0 Å². The predicted octanol–water partition coefficient (Wildman–Crippen LogP) is -2.14. The summed E-state index contributed by atoms with van der Waals surface area (Å²) in [5.74, 6) is 0. The van der Waals surface area contributed by atoms with Gasteiger partial charge in [-0.25, -0.2) is 0 Å². The van der Waals surface area contributed by atoms with Crippen molar-refractivity contribution in [2.45, 2.75) is 12.5 Å². The third-order valence-electron chi connectivity index (χ3n) is 2.09. The van der Waals surface area contributed by atoms with Crippen molar-refractivity contribution in [2.24, 2.45) is 5.73 Å². The second kappa shape index (κ2) is 19.0. The van der Waals surface area contributed by atoms with Crippen LogP contribution in [-0.2, 0) is 13.3 Å². The third kappa shape index (κ3) is 13.7. The van der Waals surface area contributed by atoms with E-state index in [-0.39, 0.29) is 88.7 Å². The average molecular weight is 294 g/mol. The van der Waals surface area contributed by atoms with Gasteiger partial charge in [-0.15, -0.1) is 0 Å². The van der Waals surface area contributed by atoms with Crippen LogP contribution < -0.4 is 11.1 Å². The van der Waals surface area contributed by atoms with E-state index in [1.807, 2.05) is 0 Å². The molecule has 0 bridgehead atoms. The molecule has 0 rings (SSSR count). The molecular formula is C8H25N2Na3O3Si. The standard InChI is InChI=1S/C8H22N2O3Si.3Na.3H/c1-11-14(12-2,13-3)8-4-6-10-7-5-9;;;;;;/h10H,4-9H2,1-3H3;;;;;;. The molecule has 0 heterocycles. The summed E-state index contributed by atoms with van der Waals surface area (Å²) in [4.78, 5) is 0. The van der Waals surface area contributed by atoms with Crippen LogP contribution in [0.5, 0.6) is 0 Å². The molecule has 17 heavy (non-hydrogen) atoms. The molecule has 0 unspecified atom stereocenters. The Balaban J connectivity index is -0.000000282. The first kappa shape index (κ1) is 28.2. The van der Waals surface area contributed by atoms with E-state index in [4.69, 9.17) is 19.0 Å². The summed E-state index contributed by atoms with van der Waals surface area (Å²) < 4.78 is 15.9. The van der Waals surface area contributed by atoms with Crippen molar-refractivity contribution in [3.05, 3.63) is 0 Å². The van der Waals surface area contributed by atoms with Gasteiger partial charge in [0.2, 0.25) is 0 Å². The van der Waals surface area contributed by atoms with E-state index in [0.717, 1.165) is 25.6 Å².